The van der Waals surface area contributed by atoms with Crippen LogP contribution in [0.15, 0.2) is 12.2 Å². The molecule has 11 heavy (non-hydrogen) atoms. The zero-order valence-corrected chi connectivity index (χ0v) is 7.63. The van der Waals surface area contributed by atoms with Gasteiger partial charge in [-0.3, -0.25) is 4.55 Å². The first-order valence-electron chi connectivity index (χ1n) is 3.52. The summed E-state index contributed by atoms with van der Waals surface area (Å²) in [6.07, 6.45) is 4.44. The van der Waals surface area contributed by atoms with Crippen molar-refractivity contribution in [3.05, 3.63) is 12.2 Å². The van der Waals surface area contributed by atoms with Crippen LogP contribution in [-0.4, -0.2) is 18.7 Å². The van der Waals surface area contributed by atoms with Crippen molar-refractivity contribution in [1.82, 2.24) is 0 Å². The second-order valence-electron chi connectivity index (χ2n) is 2.66. The van der Waals surface area contributed by atoms with Crippen LogP contribution in [0.1, 0.15) is 20.3 Å². The third kappa shape index (κ3) is 7.55. The molecule has 1 N–H and O–H groups in total. The smallest absolute Gasteiger partial charge is 0.265 e. The molecule has 0 amide bonds. The first kappa shape index (κ1) is 10.7. The minimum atomic E-state index is -3.79. The van der Waals surface area contributed by atoms with Crippen LogP contribution in [0.4, 0.5) is 0 Å². The highest BCUT2D eigenvalue weighted by Crippen LogP contribution is 2.05. The van der Waals surface area contributed by atoms with Crippen LogP contribution in [0, 0.1) is 5.92 Å². The largest absolute Gasteiger partial charge is 0.286 e. The van der Waals surface area contributed by atoms with E-state index in [0.717, 1.165) is 0 Å². The van der Waals surface area contributed by atoms with Crippen molar-refractivity contribution in [3.8, 4) is 0 Å². The molecule has 0 fully saturated rings. The topological polar surface area (TPSA) is 54.4 Å². The summed E-state index contributed by atoms with van der Waals surface area (Å²) in [4.78, 5) is 0. The van der Waals surface area contributed by atoms with E-state index < -0.39 is 10.1 Å². The second kappa shape index (κ2) is 4.51. The fourth-order valence-electron chi connectivity index (χ4n) is 0.796. The van der Waals surface area contributed by atoms with E-state index in [1.165, 1.54) is 0 Å². The van der Waals surface area contributed by atoms with Crippen LogP contribution < -0.4 is 0 Å². The Labute approximate surface area is 67.9 Å². The molecular formula is C7H14O3S. The van der Waals surface area contributed by atoms with Crippen LogP contribution in [0.25, 0.3) is 0 Å². The van der Waals surface area contributed by atoms with Crippen molar-refractivity contribution in [2.24, 2.45) is 5.92 Å². The normalized spacial score (nSPS) is 15.5. The maximum atomic E-state index is 10.3. The van der Waals surface area contributed by atoms with E-state index in [-0.39, 0.29) is 11.7 Å². The van der Waals surface area contributed by atoms with Gasteiger partial charge in [-0.05, 0) is 19.3 Å². The Morgan fingerprint density at radius 2 is 2.09 bits per heavy atom. The molecule has 66 valence electrons. The zero-order chi connectivity index (χ0) is 8.91. The summed E-state index contributed by atoms with van der Waals surface area (Å²) in [7, 11) is -3.79. The van der Waals surface area contributed by atoms with Crippen molar-refractivity contribution >= 4 is 10.1 Å². The highest BCUT2D eigenvalue weighted by atomic mass is 32.2. The monoisotopic (exact) mass is 178 g/mol. The van der Waals surface area contributed by atoms with Gasteiger partial charge in [0, 0.05) is 0 Å². The predicted octanol–water partition coefficient (Wildman–Crippen LogP) is 1.48. The maximum Gasteiger partial charge on any atom is 0.265 e. The van der Waals surface area contributed by atoms with Crippen LogP contribution in [0.2, 0.25) is 0 Å². The lowest BCUT2D eigenvalue weighted by Crippen LogP contribution is -2.11. The lowest BCUT2D eigenvalue weighted by atomic mass is 10.1. The van der Waals surface area contributed by atoms with Crippen LogP contribution >= 0.6 is 0 Å². The average Bonchev–Trinajstić information content (AvgIpc) is 1.79. The summed E-state index contributed by atoms with van der Waals surface area (Å²) in [5.74, 6) is -0.168. The summed E-state index contributed by atoms with van der Waals surface area (Å²) in [6.45, 7) is 3.66. The van der Waals surface area contributed by atoms with E-state index in [1.54, 1.807) is 6.92 Å². The molecule has 1 atom stereocenters. The number of rotatable bonds is 4. The first-order valence-corrected chi connectivity index (χ1v) is 5.13. The summed E-state index contributed by atoms with van der Waals surface area (Å²) in [6, 6.07) is 0. The highest BCUT2D eigenvalue weighted by molar-refractivity contribution is 7.85. The van der Waals surface area contributed by atoms with Gasteiger partial charge in [0.15, 0.2) is 0 Å². The molecule has 0 saturated heterocycles. The van der Waals surface area contributed by atoms with Gasteiger partial charge in [-0.2, -0.15) is 8.42 Å². The van der Waals surface area contributed by atoms with Gasteiger partial charge in [0.2, 0.25) is 0 Å². The van der Waals surface area contributed by atoms with Crippen molar-refractivity contribution < 1.29 is 13.0 Å². The van der Waals surface area contributed by atoms with Gasteiger partial charge in [0.25, 0.3) is 10.1 Å². The molecule has 0 aliphatic carbocycles. The van der Waals surface area contributed by atoms with Crippen molar-refractivity contribution in [3.63, 3.8) is 0 Å². The molecule has 1 unspecified atom stereocenters. The van der Waals surface area contributed by atoms with Gasteiger partial charge < -0.3 is 0 Å². The van der Waals surface area contributed by atoms with Crippen LogP contribution in [-0.2, 0) is 10.1 Å². The molecule has 0 aliphatic heterocycles. The van der Waals surface area contributed by atoms with E-state index in [0.29, 0.717) is 6.42 Å². The summed E-state index contributed by atoms with van der Waals surface area (Å²) in [5, 5.41) is 0. The van der Waals surface area contributed by atoms with E-state index in [9.17, 15) is 8.42 Å². The summed E-state index contributed by atoms with van der Waals surface area (Å²) >= 11 is 0. The minimum absolute atomic E-state index is 0.0128. The molecule has 0 aromatic heterocycles. The van der Waals surface area contributed by atoms with Gasteiger partial charge in [-0.1, -0.05) is 19.1 Å². The molecule has 0 aromatic carbocycles. The Kier molecular flexibility index (Phi) is 4.37. The van der Waals surface area contributed by atoms with E-state index in [2.05, 4.69) is 0 Å². The Morgan fingerprint density at radius 3 is 2.45 bits per heavy atom. The van der Waals surface area contributed by atoms with Gasteiger partial charge >= 0.3 is 0 Å². The van der Waals surface area contributed by atoms with E-state index in [4.69, 9.17) is 4.55 Å². The Balaban J connectivity index is 3.79. The summed E-state index contributed by atoms with van der Waals surface area (Å²) in [5.41, 5.74) is 0. The SMILES string of the molecule is C/C=C\CC(C)CS(=O)(=O)O. The molecule has 0 radical (unpaired) electrons. The minimum Gasteiger partial charge on any atom is -0.286 e. The van der Waals surface area contributed by atoms with Gasteiger partial charge in [0.1, 0.15) is 0 Å². The van der Waals surface area contributed by atoms with Crippen molar-refractivity contribution in [1.29, 1.82) is 0 Å². The molecule has 0 rings (SSSR count). The molecular weight excluding hydrogens is 164 g/mol. The number of allylic oxidation sites excluding steroid dienone is 2. The van der Waals surface area contributed by atoms with Crippen molar-refractivity contribution in [2.45, 2.75) is 20.3 Å². The van der Waals surface area contributed by atoms with Gasteiger partial charge in [0.05, 0.1) is 5.75 Å². The molecule has 0 aliphatic rings. The number of hydrogen-bond acceptors (Lipinski definition) is 2. The Morgan fingerprint density at radius 1 is 1.55 bits per heavy atom. The Hall–Kier alpha value is -0.350. The highest BCUT2D eigenvalue weighted by Gasteiger charge is 2.09. The molecule has 0 bridgehead atoms. The second-order valence-corrected chi connectivity index (χ2v) is 4.16. The third-order valence-corrected chi connectivity index (χ3v) is 2.26. The quantitative estimate of drug-likeness (QED) is 0.524. The molecule has 0 aromatic rings. The lowest BCUT2D eigenvalue weighted by molar-refractivity contribution is 0.470. The maximum absolute atomic E-state index is 10.3. The first-order chi connectivity index (χ1) is 4.95. The third-order valence-electron chi connectivity index (χ3n) is 1.27. The molecule has 0 spiro atoms. The van der Waals surface area contributed by atoms with Gasteiger partial charge in [-0.25, -0.2) is 0 Å². The number of hydrogen-bond donors (Lipinski definition) is 1. The average molecular weight is 178 g/mol. The van der Waals surface area contributed by atoms with Gasteiger partial charge in [-0.15, -0.1) is 0 Å². The van der Waals surface area contributed by atoms with Crippen molar-refractivity contribution in [2.75, 3.05) is 5.75 Å². The Bertz CT molecular complexity index is 216. The molecule has 4 heteroatoms. The van der Waals surface area contributed by atoms with E-state index >= 15 is 0 Å². The lowest BCUT2D eigenvalue weighted by Gasteiger charge is -2.04. The van der Waals surface area contributed by atoms with Crippen LogP contribution in [0.3, 0.4) is 0 Å². The summed E-state index contributed by atoms with van der Waals surface area (Å²) < 4.78 is 29.1. The van der Waals surface area contributed by atoms with Crippen LogP contribution in [0.5, 0.6) is 0 Å². The molecule has 0 saturated carbocycles. The fourth-order valence-corrected chi connectivity index (χ4v) is 1.65. The standard InChI is InChI=1S/C7H14O3S/c1-3-4-5-7(2)6-11(8,9)10/h3-4,7H,5-6H2,1-2H3,(H,8,9,10)/b4-3-. The van der Waals surface area contributed by atoms with E-state index in [1.807, 2.05) is 19.1 Å². The fraction of sp³-hybridized carbons (Fsp3) is 0.714. The predicted molar refractivity (Wildman–Crippen MR) is 45.0 cm³/mol. The zero-order valence-electron chi connectivity index (χ0n) is 6.82. The molecule has 3 nitrogen and oxygen atoms in total. The molecule has 0 heterocycles.